The topological polar surface area (TPSA) is 82.2 Å². The van der Waals surface area contributed by atoms with Gasteiger partial charge in [0.1, 0.15) is 5.75 Å². The normalized spacial score (nSPS) is 12.0. The van der Waals surface area contributed by atoms with E-state index >= 15 is 0 Å². The number of ether oxygens (including phenoxy) is 1. The number of methoxy groups -OCH3 is 1. The van der Waals surface area contributed by atoms with Crippen LogP contribution in [0.4, 0.5) is 5.69 Å². The first-order valence-electron chi connectivity index (χ1n) is 7.63. The van der Waals surface area contributed by atoms with E-state index in [0.29, 0.717) is 22.4 Å². The summed E-state index contributed by atoms with van der Waals surface area (Å²) in [7, 11) is 3.44. The highest BCUT2D eigenvalue weighted by Gasteiger charge is 2.20. The minimum absolute atomic E-state index is 0.113. The lowest BCUT2D eigenvalue weighted by molar-refractivity contribution is -0.115. The van der Waals surface area contributed by atoms with Gasteiger partial charge >= 0.3 is 0 Å². The van der Waals surface area contributed by atoms with E-state index in [2.05, 4.69) is 15.5 Å². The molecule has 1 N–H and O–H groups in total. The molecule has 1 atom stereocenters. The largest absolute Gasteiger partial charge is 0.497 e. The number of amides is 1. The van der Waals surface area contributed by atoms with Crippen LogP contribution in [0.15, 0.2) is 52.2 Å². The summed E-state index contributed by atoms with van der Waals surface area (Å²) in [5.74, 6) is 1.88. The first-order valence-corrected chi connectivity index (χ1v) is 8.51. The Hall–Kier alpha value is -2.74. The van der Waals surface area contributed by atoms with Gasteiger partial charge < -0.3 is 19.0 Å². The van der Waals surface area contributed by atoms with Crippen molar-refractivity contribution in [3.63, 3.8) is 0 Å². The summed E-state index contributed by atoms with van der Waals surface area (Å²) in [4.78, 5) is 12.4. The number of nitrogens with one attached hydrogen (secondary N) is 1. The number of carbonyl (C=O) groups excluding carboxylic acids is 1. The van der Waals surface area contributed by atoms with Crippen molar-refractivity contribution in [2.45, 2.75) is 17.3 Å². The minimum Gasteiger partial charge on any atom is -0.497 e. The minimum atomic E-state index is -0.338. The highest BCUT2D eigenvalue weighted by atomic mass is 32.2. The molecule has 8 heteroatoms. The Morgan fingerprint density at radius 3 is 2.68 bits per heavy atom. The third-order valence-corrected chi connectivity index (χ3v) is 4.72. The number of anilines is 1. The number of aromatic nitrogens is 3. The van der Waals surface area contributed by atoms with Crippen LogP contribution in [-0.2, 0) is 11.8 Å². The number of hydrogen-bond donors (Lipinski definition) is 1. The van der Waals surface area contributed by atoms with Gasteiger partial charge in [0.05, 0.1) is 18.6 Å². The Kier molecular flexibility index (Phi) is 5.08. The summed E-state index contributed by atoms with van der Waals surface area (Å²) >= 11 is 1.33. The molecule has 3 rings (SSSR count). The molecule has 1 amide bonds. The van der Waals surface area contributed by atoms with E-state index in [1.165, 1.54) is 11.8 Å². The van der Waals surface area contributed by atoms with Crippen molar-refractivity contribution in [2.75, 3.05) is 12.4 Å². The molecule has 0 unspecified atom stereocenters. The molecule has 0 aliphatic heterocycles. The molecule has 0 aliphatic rings. The molecule has 0 saturated carbocycles. The number of rotatable bonds is 6. The number of thioether (sulfide) groups is 1. The van der Waals surface area contributed by atoms with Crippen LogP contribution in [0.25, 0.3) is 11.6 Å². The third kappa shape index (κ3) is 3.85. The summed E-state index contributed by atoms with van der Waals surface area (Å²) in [6.07, 6.45) is 1.59. The number of nitrogens with zero attached hydrogens (tertiary/aromatic N) is 3. The van der Waals surface area contributed by atoms with Gasteiger partial charge in [-0.25, -0.2) is 0 Å². The Bertz CT molecular complexity index is 843. The van der Waals surface area contributed by atoms with Gasteiger partial charge in [-0.1, -0.05) is 11.8 Å². The summed E-state index contributed by atoms with van der Waals surface area (Å²) < 4.78 is 12.3. The zero-order valence-electron chi connectivity index (χ0n) is 14.1. The molecule has 0 bridgehead atoms. The molecule has 0 spiro atoms. The summed E-state index contributed by atoms with van der Waals surface area (Å²) in [5.41, 5.74) is 0.715. The molecule has 3 aromatic rings. The Labute approximate surface area is 149 Å². The second kappa shape index (κ2) is 7.43. The number of hydrogen-bond acceptors (Lipinski definition) is 6. The van der Waals surface area contributed by atoms with Crippen molar-refractivity contribution >= 4 is 23.4 Å². The van der Waals surface area contributed by atoms with E-state index in [0.717, 1.165) is 5.75 Å². The summed E-state index contributed by atoms with van der Waals surface area (Å²) in [6.45, 7) is 1.82. The molecule has 1 aromatic carbocycles. The Morgan fingerprint density at radius 2 is 2.04 bits per heavy atom. The van der Waals surface area contributed by atoms with Gasteiger partial charge in [0.15, 0.2) is 16.7 Å². The van der Waals surface area contributed by atoms with E-state index in [1.807, 2.05) is 20.0 Å². The smallest absolute Gasteiger partial charge is 0.237 e. The van der Waals surface area contributed by atoms with Crippen LogP contribution in [0.5, 0.6) is 5.75 Å². The van der Waals surface area contributed by atoms with E-state index in [1.54, 1.807) is 48.3 Å². The predicted octanol–water partition coefficient (Wildman–Crippen LogP) is 3.20. The fourth-order valence-electron chi connectivity index (χ4n) is 2.17. The lowest BCUT2D eigenvalue weighted by Gasteiger charge is -2.12. The SMILES string of the molecule is COc1ccc(NC(=O)[C@@H](C)Sc2nnc(-c3ccco3)n2C)cc1. The summed E-state index contributed by atoms with van der Waals surface area (Å²) in [6, 6.07) is 10.8. The first kappa shape index (κ1) is 17.1. The molecular weight excluding hydrogens is 340 g/mol. The van der Waals surface area contributed by atoms with Crippen LogP contribution in [0.2, 0.25) is 0 Å². The number of carbonyl (C=O) groups is 1. The zero-order valence-corrected chi connectivity index (χ0v) is 14.9. The molecule has 25 heavy (non-hydrogen) atoms. The van der Waals surface area contributed by atoms with Crippen molar-refractivity contribution < 1.29 is 13.9 Å². The first-order chi connectivity index (χ1) is 12.1. The lowest BCUT2D eigenvalue weighted by atomic mass is 10.3. The maximum atomic E-state index is 12.4. The fourth-order valence-corrected chi connectivity index (χ4v) is 2.98. The molecule has 0 radical (unpaired) electrons. The van der Waals surface area contributed by atoms with Crippen LogP contribution in [0, 0.1) is 0 Å². The van der Waals surface area contributed by atoms with E-state index in [4.69, 9.17) is 9.15 Å². The van der Waals surface area contributed by atoms with Crippen LogP contribution in [-0.4, -0.2) is 33.0 Å². The van der Waals surface area contributed by atoms with Crippen molar-refractivity contribution in [2.24, 2.45) is 7.05 Å². The predicted molar refractivity (Wildman–Crippen MR) is 95.6 cm³/mol. The van der Waals surface area contributed by atoms with Crippen LogP contribution >= 0.6 is 11.8 Å². The molecular formula is C17H18N4O3S. The maximum Gasteiger partial charge on any atom is 0.237 e. The molecule has 2 heterocycles. The lowest BCUT2D eigenvalue weighted by Crippen LogP contribution is -2.22. The quantitative estimate of drug-likeness (QED) is 0.682. The van der Waals surface area contributed by atoms with Gasteiger partial charge in [-0.15, -0.1) is 10.2 Å². The van der Waals surface area contributed by atoms with Crippen molar-refractivity contribution in [3.8, 4) is 17.3 Å². The monoisotopic (exact) mass is 358 g/mol. The Balaban J connectivity index is 1.65. The average molecular weight is 358 g/mol. The highest BCUT2D eigenvalue weighted by molar-refractivity contribution is 8.00. The van der Waals surface area contributed by atoms with Gasteiger partial charge in [0.2, 0.25) is 5.91 Å². The van der Waals surface area contributed by atoms with E-state index < -0.39 is 0 Å². The fraction of sp³-hybridized carbons (Fsp3) is 0.235. The number of furan rings is 1. The average Bonchev–Trinajstić information content (AvgIpc) is 3.26. The number of benzene rings is 1. The molecule has 2 aromatic heterocycles. The van der Waals surface area contributed by atoms with Gasteiger partial charge in [-0.05, 0) is 43.3 Å². The second-order valence-corrected chi connectivity index (χ2v) is 6.63. The van der Waals surface area contributed by atoms with Gasteiger partial charge in [-0.3, -0.25) is 4.79 Å². The van der Waals surface area contributed by atoms with Crippen molar-refractivity contribution in [3.05, 3.63) is 42.7 Å². The zero-order chi connectivity index (χ0) is 17.8. The molecule has 0 fully saturated rings. The van der Waals surface area contributed by atoms with Gasteiger partial charge in [0.25, 0.3) is 0 Å². The standard InChI is InChI=1S/C17H18N4O3S/c1-11(16(22)18-12-6-8-13(23-3)9-7-12)25-17-20-19-15(21(17)2)14-5-4-10-24-14/h4-11H,1-3H3,(H,18,22)/t11-/m1/s1. The molecule has 0 aliphatic carbocycles. The van der Waals surface area contributed by atoms with Gasteiger partial charge in [-0.2, -0.15) is 0 Å². The van der Waals surface area contributed by atoms with Crippen molar-refractivity contribution in [1.82, 2.24) is 14.8 Å². The molecule has 130 valence electrons. The molecule has 7 nitrogen and oxygen atoms in total. The highest BCUT2D eigenvalue weighted by Crippen LogP contribution is 2.26. The Morgan fingerprint density at radius 1 is 1.28 bits per heavy atom. The van der Waals surface area contributed by atoms with Crippen LogP contribution < -0.4 is 10.1 Å². The maximum absolute atomic E-state index is 12.4. The van der Waals surface area contributed by atoms with E-state index in [9.17, 15) is 4.79 Å². The van der Waals surface area contributed by atoms with Crippen molar-refractivity contribution in [1.29, 1.82) is 0 Å². The summed E-state index contributed by atoms with van der Waals surface area (Å²) in [5, 5.41) is 11.4. The second-order valence-electron chi connectivity index (χ2n) is 5.32. The molecule has 0 saturated heterocycles. The van der Waals surface area contributed by atoms with E-state index in [-0.39, 0.29) is 11.2 Å². The van der Waals surface area contributed by atoms with Crippen LogP contribution in [0.1, 0.15) is 6.92 Å². The third-order valence-electron chi connectivity index (χ3n) is 3.59. The van der Waals surface area contributed by atoms with Gasteiger partial charge in [0, 0.05) is 12.7 Å². The van der Waals surface area contributed by atoms with Crippen LogP contribution in [0.3, 0.4) is 0 Å².